The van der Waals surface area contributed by atoms with E-state index in [2.05, 4.69) is 21.2 Å². The minimum Gasteiger partial charge on any atom is -0.396 e. The fraction of sp³-hybridized carbons (Fsp3) is 0.0833. The molecule has 0 aliphatic rings. The third-order valence-corrected chi connectivity index (χ3v) is 4.30. The fourth-order valence-electron chi connectivity index (χ4n) is 1.62. The van der Waals surface area contributed by atoms with Gasteiger partial charge in [-0.1, -0.05) is 0 Å². The summed E-state index contributed by atoms with van der Waals surface area (Å²) >= 11 is 4.71. The zero-order valence-corrected chi connectivity index (χ0v) is 12.8. The number of carbonyl (C=O) groups excluding carboxylic acids is 1. The first kappa shape index (κ1) is 15.4. The molecule has 0 saturated carbocycles. The number of nitrogens with two attached hydrogens (primary N) is 1. The molecule has 0 saturated heterocycles. The highest BCUT2D eigenvalue weighted by atomic mass is 79.9. The number of thiophene rings is 1. The first-order chi connectivity index (χ1) is 9.88. The molecular weight excluding hydrogens is 365 g/mol. The predicted octanol–water partition coefficient (Wildman–Crippen LogP) is 3.07. The lowest BCUT2D eigenvalue weighted by Crippen LogP contribution is -2.23. The first-order valence-corrected chi connectivity index (χ1v) is 7.30. The van der Waals surface area contributed by atoms with Crippen LogP contribution in [-0.2, 0) is 6.54 Å². The summed E-state index contributed by atoms with van der Waals surface area (Å²) in [5, 5.41) is 15.3. The van der Waals surface area contributed by atoms with Gasteiger partial charge in [0, 0.05) is 14.7 Å². The first-order valence-electron chi connectivity index (χ1n) is 5.63. The lowest BCUT2D eigenvalue weighted by molar-refractivity contribution is -0.385. The number of nitrogens with one attached hydrogen (secondary N) is 1. The summed E-state index contributed by atoms with van der Waals surface area (Å²) in [6.45, 7) is 0.212. The molecule has 6 nitrogen and oxygen atoms in total. The van der Waals surface area contributed by atoms with Crippen molar-refractivity contribution in [1.82, 2.24) is 5.32 Å². The molecule has 2 aromatic rings. The van der Waals surface area contributed by atoms with Gasteiger partial charge in [0.05, 0.1) is 23.2 Å². The van der Waals surface area contributed by atoms with Gasteiger partial charge in [-0.15, -0.1) is 11.3 Å². The molecule has 1 heterocycles. The van der Waals surface area contributed by atoms with Crippen molar-refractivity contribution in [2.45, 2.75) is 6.54 Å². The van der Waals surface area contributed by atoms with Crippen LogP contribution < -0.4 is 11.1 Å². The fourth-order valence-corrected chi connectivity index (χ4v) is 3.01. The second-order valence-corrected chi connectivity index (χ2v) is 5.97. The molecule has 0 radical (unpaired) electrons. The van der Waals surface area contributed by atoms with Crippen LogP contribution >= 0.6 is 27.3 Å². The molecule has 0 spiro atoms. The topological polar surface area (TPSA) is 98.3 Å². The van der Waals surface area contributed by atoms with Crippen molar-refractivity contribution in [3.8, 4) is 0 Å². The van der Waals surface area contributed by atoms with E-state index in [1.807, 2.05) is 11.4 Å². The highest BCUT2D eigenvalue weighted by molar-refractivity contribution is 9.10. The van der Waals surface area contributed by atoms with Crippen LogP contribution in [0.2, 0.25) is 0 Å². The van der Waals surface area contributed by atoms with E-state index >= 15 is 0 Å². The van der Waals surface area contributed by atoms with Crippen molar-refractivity contribution in [2.75, 3.05) is 5.73 Å². The van der Waals surface area contributed by atoms with Crippen LogP contribution in [0.3, 0.4) is 0 Å². The summed E-state index contributed by atoms with van der Waals surface area (Å²) in [5.41, 5.74) is 4.15. The number of rotatable bonds is 4. The zero-order valence-electron chi connectivity index (χ0n) is 10.4. The normalized spacial score (nSPS) is 10.4. The number of nitrogens with zero attached hydrogens (tertiary/aromatic N) is 1. The number of halogens is 2. The number of hydrogen-bond donors (Lipinski definition) is 2. The number of benzene rings is 1. The Morgan fingerprint density at radius 3 is 2.76 bits per heavy atom. The number of hydrogen-bond acceptors (Lipinski definition) is 5. The van der Waals surface area contributed by atoms with Gasteiger partial charge in [0.15, 0.2) is 5.82 Å². The molecule has 9 heteroatoms. The molecule has 1 amide bonds. The molecule has 1 aromatic heterocycles. The largest absolute Gasteiger partial charge is 0.396 e. The molecule has 2 rings (SSSR count). The Kier molecular flexibility index (Phi) is 4.53. The quantitative estimate of drug-likeness (QED) is 0.488. The Morgan fingerprint density at radius 1 is 1.48 bits per heavy atom. The summed E-state index contributed by atoms with van der Waals surface area (Å²) < 4.78 is 14.2. The number of nitro benzene ring substituents is 1. The van der Waals surface area contributed by atoms with Crippen LogP contribution in [0.4, 0.5) is 15.8 Å². The van der Waals surface area contributed by atoms with Gasteiger partial charge in [-0.05, 0) is 28.1 Å². The van der Waals surface area contributed by atoms with Crippen molar-refractivity contribution in [1.29, 1.82) is 0 Å². The zero-order chi connectivity index (χ0) is 15.6. The van der Waals surface area contributed by atoms with Gasteiger partial charge in [-0.2, -0.15) is 0 Å². The van der Waals surface area contributed by atoms with E-state index in [4.69, 9.17) is 5.73 Å². The SMILES string of the molecule is Nc1cc(C(=O)NCc2cc(Br)cs2)c([N+](=O)[O-])cc1F. The predicted molar refractivity (Wildman–Crippen MR) is 80.7 cm³/mol. The van der Waals surface area contributed by atoms with E-state index in [1.165, 1.54) is 11.3 Å². The Bertz CT molecular complexity index is 720. The van der Waals surface area contributed by atoms with Crippen LogP contribution in [0.1, 0.15) is 15.2 Å². The summed E-state index contributed by atoms with van der Waals surface area (Å²) in [5.74, 6) is -1.61. The molecule has 110 valence electrons. The average molecular weight is 374 g/mol. The van der Waals surface area contributed by atoms with Crippen LogP contribution in [0.15, 0.2) is 28.1 Å². The molecule has 0 aliphatic heterocycles. The van der Waals surface area contributed by atoms with Crippen LogP contribution in [-0.4, -0.2) is 10.8 Å². The van der Waals surface area contributed by atoms with E-state index in [-0.39, 0.29) is 17.8 Å². The number of carbonyl (C=O) groups is 1. The molecule has 0 fully saturated rings. The Labute approximate surface area is 131 Å². The Hall–Kier alpha value is -2.00. The highest BCUT2D eigenvalue weighted by Gasteiger charge is 2.22. The summed E-state index contributed by atoms with van der Waals surface area (Å²) in [6, 6.07) is 3.43. The van der Waals surface area contributed by atoms with E-state index in [0.29, 0.717) is 6.07 Å². The summed E-state index contributed by atoms with van der Waals surface area (Å²) in [6.07, 6.45) is 0. The molecule has 0 atom stereocenters. The van der Waals surface area contributed by atoms with Gasteiger partial charge in [0.2, 0.25) is 0 Å². The molecule has 0 bridgehead atoms. The van der Waals surface area contributed by atoms with E-state index in [1.54, 1.807) is 0 Å². The lowest BCUT2D eigenvalue weighted by Gasteiger charge is -2.06. The second-order valence-electron chi connectivity index (χ2n) is 4.06. The summed E-state index contributed by atoms with van der Waals surface area (Å²) in [4.78, 5) is 22.9. The number of nitrogen functional groups attached to an aromatic ring is 1. The van der Waals surface area contributed by atoms with Gasteiger partial charge in [0.1, 0.15) is 5.56 Å². The van der Waals surface area contributed by atoms with Crippen molar-refractivity contribution >= 4 is 44.5 Å². The average Bonchev–Trinajstić information content (AvgIpc) is 2.84. The molecular formula is C12H9BrFN3O3S. The maximum Gasteiger partial charge on any atom is 0.285 e. The van der Waals surface area contributed by atoms with Crippen molar-refractivity contribution in [3.05, 3.63) is 54.4 Å². The third-order valence-electron chi connectivity index (χ3n) is 2.60. The van der Waals surface area contributed by atoms with Crippen molar-refractivity contribution in [2.24, 2.45) is 0 Å². The van der Waals surface area contributed by atoms with Gasteiger partial charge in [-0.3, -0.25) is 14.9 Å². The highest BCUT2D eigenvalue weighted by Crippen LogP contribution is 2.25. The monoisotopic (exact) mass is 373 g/mol. The lowest BCUT2D eigenvalue weighted by atomic mass is 10.1. The third kappa shape index (κ3) is 3.56. The number of amides is 1. The standard InChI is InChI=1S/C12H9BrFN3O3S/c13-6-1-7(21-5-6)4-16-12(18)8-2-10(15)9(14)3-11(8)17(19)20/h1-3,5H,4,15H2,(H,16,18). The molecule has 0 aliphatic carbocycles. The van der Waals surface area contributed by atoms with Gasteiger partial charge in [0.25, 0.3) is 11.6 Å². The van der Waals surface area contributed by atoms with Crippen molar-refractivity contribution in [3.63, 3.8) is 0 Å². The van der Waals surface area contributed by atoms with Gasteiger partial charge >= 0.3 is 0 Å². The van der Waals surface area contributed by atoms with Crippen LogP contribution in [0.5, 0.6) is 0 Å². The van der Waals surface area contributed by atoms with Crippen LogP contribution in [0, 0.1) is 15.9 Å². The summed E-state index contributed by atoms with van der Waals surface area (Å²) in [7, 11) is 0. The Balaban J connectivity index is 2.22. The van der Waals surface area contributed by atoms with Crippen molar-refractivity contribution < 1.29 is 14.1 Å². The van der Waals surface area contributed by atoms with Gasteiger partial charge < -0.3 is 11.1 Å². The van der Waals surface area contributed by atoms with Gasteiger partial charge in [-0.25, -0.2) is 4.39 Å². The molecule has 1 aromatic carbocycles. The van der Waals surface area contributed by atoms with Crippen LogP contribution in [0.25, 0.3) is 0 Å². The molecule has 3 N–H and O–H groups in total. The number of nitro groups is 1. The smallest absolute Gasteiger partial charge is 0.285 e. The number of anilines is 1. The van der Waals surface area contributed by atoms with E-state index in [9.17, 15) is 19.3 Å². The maximum absolute atomic E-state index is 13.3. The Morgan fingerprint density at radius 2 is 2.19 bits per heavy atom. The minimum absolute atomic E-state index is 0.212. The molecule has 21 heavy (non-hydrogen) atoms. The van der Waals surface area contributed by atoms with E-state index < -0.39 is 22.3 Å². The van der Waals surface area contributed by atoms with E-state index in [0.717, 1.165) is 15.4 Å². The maximum atomic E-state index is 13.3. The second kappa shape index (κ2) is 6.19. The molecule has 0 unspecified atom stereocenters. The minimum atomic E-state index is -0.930.